The molecule has 7 heteroatoms. The highest BCUT2D eigenvalue weighted by atomic mass is 31.2. The molecule has 0 radical (unpaired) electrons. The van der Waals surface area contributed by atoms with Crippen molar-refractivity contribution in [1.82, 2.24) is 5.32 Å². The molecule has 0 aliphatic heterocycles. The van der Waals surface area contributed by atoms with Crippen LogP contribution in [0.5, 0.6) is 0 Å². The number of phosphoric acid groups is 1. The zero-order valence-electron chi connectivity index (χ0n) is 6.80. The summed E-state index contributed by atoms with van der Waals surface area (Å²) in [5.41, 5.74) is 0. The van der Waals surface area contributed by atoms with Crippen molar-refractivity contribution >= 4 is 7.82 Å². The van der Waals surface area contributed by atoms with Crippen LogP contribution in [-0.4, -0.2) is 41.7 Å². The van der Waals surface area contributed by atoms with E-state index in [9.17, 15) is 4.57 Å². The largest absolute Gasteiger partial charge is 0.469 e. The van der Waals surface area contributed by atoms with Crippen LogP contribution in [0.4, 0.5) is 0 Å². The van der Waals surface area contributed by atoms with Gasteiger partial charge in [0.25, 0.3) is 0 Å². The van der Waals surface area contributed by atoms with Gasteiger partial charge in [-0.25, -0.2) is 4.57 Å². The van der Waals surface area contributed by atoms with Gasteiger partial charge < -0.3 is 20.2 Å². The maximum absolute atomic E-state index is 10.2. The monoisotopic (exact) mass is 199 g/mol. The molecular weight excluding hydrogens is 185 g/mol. The summed E-state index contributed by atoms with van der Waals surface area (Å²) in [6.45, 7) is 0.138. The van der Waals surface area contributed by atoms with Gasteiger partial charge in [0.05, 0.1) is 6.61 Å². The molecule has 12 heavy (non-hydrogen) atoms. The number of hydrogen-bond acceptors (Lipinski definition) is 4. The van der Waals surface area contributed by atoms with Crippen LogP contribution in [0.3, 0.4) is 0 Å². The quantitative estimate of drug-likeness (QED) is 0.406. The van der Waals surface area contributed by atoms with Gasteiger partial charge in [0.2, 0.25) is 0 Å². The van der Waals surface area contributed by atoms with Crippen LogP contribution in [-0.2, 0) is 9.09 Å². The predicted octanol–water partition coefficient (Wildman–Crippen LogP) is -1.08. The third-order valence-corrected chi connectivity index (χ3v) is 1.71. The average Bonchev–Trinajstić information content (AvgIpc) is 1.96. The van der Waals surface area contributed by atoms with E-state index in [4.69, 9.17) is 14.9 Å². The third-order valence-electron chi connectivity index (χ3n) is 1.23. The molecular formula is C5H14NO5P. The highest BCUT2D eigenvalue weighted by Crippen LogP contribution is 2.36. The Kier molecular flexibility index (Phi) is 5.65. The molecule has 0 spiro atoms. The normalized spacial score (nSPS) is 14.7. The van der Waals surface area contributed by atoms with Crippen molar-refractivity contribution in [1.29, 1.82) is 0 Å². The van der Waals surface area contributed by atoms with Gasteiger partial charge in [-0.05, 0) is 7.05 Å². The van der Waals surface area contributed by atoms with Crippen LogP contribution >= 0.6 is 7.82 Å². The molecule has 0 fully saturated rings. The first-order valence-electron chi connectivity index (χ1n) is 3.45. The molecule has 0 aromatic heterocycles. The van der Waals surface area contributed by atoms with E-state index in [1.165, 1.54) is 0 Å². The maximum Gasteiger partial charge on any atom is 0.469 e. The number of aliphatic hydroxyl groups is 1. The minimum Gasteiger partial charge on any atom is -0.396 e. The molecule has 0 aromatic carbocycles. The second kappa shape index (κ2) is 5.64. The molecule has 0 aliphatic carbocycles. The van der Waals surface area contributed by atoms with Gasteiger partial charge in [0.15, 0.2) is 0 Å². The average molecular weight is 199 g/mol. The number of nitrogens with one attached hydrogen (secondary N) is 1. The molecule has 74 valence electrons. The van der Waals surface area contributed by atoms with Gasteiger partial charge in [0, 0.05) is 19.1 Å². The van der Waals surface area contributed by atoms with E-state index in [0.29, 0.717) is 6.54 Å². The number of aliphatic hydroxyl groups excluding tert-OH is 1. The number of rotatable bonds is 6. The summed E-state index contributed by atoms with van der Waals surface area (Å²) in [7, 11) is -2.71. The van der Waals surface area contributed by atoms with Gasteiger partial charge in [-0.2, -0.15) is 0 Å². The molecule has 1 unspecified atom stereocenters. The second-order valence-electron chi connectivity index (χ2n) is 2.39. The molecule has 0 amide bonds. The molecule has 0 saturated carbocycles. The van der Waals surface area contributed by atoms with Crippen LogP contribution in [0.1, 0.15) is 0 Å². The van der Waals surface area contributed by atoms with Gasteiger partial charge in [-0.1, -0.05) is 0 Å². The van der Waals surface area contributed by atoms with E-state index in [1.54, 1.807) is 7.05 Å². The van der Waals surface area contributed by atoms with E-state index in [1.807, 2.05) is 0 Å². The fourth-order valence-electron chi connectivity index (χ4n) is 0.667. The summed E-state index contributed by atoms with van der Waals surface area (Å²) in [6, 6.07) is 0. The van der Waals surface area contributed by atoms with Gasteiger partial charge in [-0.3, -0.25) is 4.52 Å². The van der Waals surface area contributed by atoms with Crippen molar-refractivity contribution in [3.63, 3.8) is 0 Å². The van der Waals surface area contributed by atoms with Gasteiger partial charge in [-0.15, -0.1) is 0 Å². The molecule has 0 saturated heterocycles. The summed E-state index contributed by atoms with van der Waals surface area (Å²) < 4.78 is 14.4. The predicted molar refractivity (Wildman–Crippen MR) is 42.5 cm³/mol. The Morgan fingerprint density at radius 3 is 2.50 bits per heavy atom. The van der Waals surface area contributed by atoms with Crippen LogP contribution < -0.4 is 5.32 Å². The SMILES string of the molecule is CNCC(CO)COP(=O)(O)O. The molecule has 0 aliphatic rings. The molecule has 6 nitrogen and oxygen atoms in total. The molecule has 0 heterocycles. The van der Waals surface area contributed by atoms with Crippen molar-refractivity contribution in [3.05, 3.63) is 0 Å². The smallest absolute Gasteiger partial charge is 0.396 e. The fraction of sp³-hybridized carbons (Fsp3) is 1.00. The first kappa shape index (κ1) is 12.0. The van der Waals surface area contributed by atoms with Crippen LogP contribution in [0.15, 0.2) is 0 Å². The molecule has 4 N–H and O–H groups in total. The zero-order chi connectivity index (χ0) is 9.61. The Morgan fingerprint density at radius 2 is 2.17 bits per heavy atom. The topological polar surface area (TPSA) is 99.0 Å². The van der Waals surface area contributed by atoms with Crippen molar-refractivity contribution in [2.75, 3.05) is 26.8 Å². The van der Waals surface area contributed by atoms with Crippen molar-refractivity contribution in [2.24, 2.45) is 5.92 Å². The molecule has 1 atom stereocenters. The Morgan fingerprint density at radius 1 is 1.58 bits per heavy atom. The lowest BCUT2D eigenvalue weighted by Crippen LogP contribution is -2.25. The summed E-state index contributed by atoms with van der Waals surface area (Å²) in [4.78, 5) is 16.6. The van der Waals surface area contributed by atoms with Crippen LogP contribution in [0.25, 0.3) is 0 Å². The minimum atomic E-state index is -4.40. The second-order valence-corrected chi connectivity index (χ2v) is 3.63. The van der Waals surface area contributed by atoms with E-state index in [0.717, 1.165) is 0 Å². The van der Waals surface area contributed by atoms with Crippen molar-refractivity contribution in [3.8, 4) is 0 Å². The first-order chi connectivity index (χ1) is 5.49. The molecule has 0 aromatic rings. The van der Waals surface area contributed by atoms with Crippen LogP contribution in [0, 0.1) is 5.92 Å². The van der Waals surface area contributed by atoms with E-state index in [2.05, 4.69) is 9.84 Å². The summed E-state index contributed by atoms with van der Waals surface area (Å²) in [6.07, 6.45) is 0. The van der Waals surface area contributed by atoms with Crippen LogP contribution in [0.2, 0.25) is 0 Å². The minimum absolute atomic E-state index is 0.151. The molecule has 0 bridgehead atoms. The summed E-state index contributed by atoms with van der Waals surface area (Å²) in [5, 5.41) is 11.4. The fourth-order valence-corrected chi connectivity index (χ4v) is 1.07. The Hall–Kier alpha value is 0.0300. The standard InChI is InChI=1S/C5H14NO5P/c1-6-2-5(3-7)4-11-12(8,9)10/h5-7H,2-4H2,1H3,(H2,8,9,10). The lowest BCUT2D eigenvalue weighted by atomic mass is 10.2. The number of hydrogen-bond donors (Lipinski definition) is 4. The molecule has 0 rings (SSSR count). The van der Waals surface area contributed by atoms with Crippen molar-refractivity contribution in [2.45, 2.75) is 0 Å². The van der Waals surface area contributed by atoms with E-state index < -0.39 is 7.82 Å². The maximum atomic E-state index is 10.2. The number of phosphoric ester groups is 1. The lowest BCUT2D eigenvalue weighted by Gasteiger charge is -2.13. The Balaban J connectivity index is 3.65. The summed E-state index contributed by atoms with van der Waals surface area (Å²) in [5.74, 6) is -0.289. The van der Waals surface area contributed by atoms with Gasteiger partial charge >= 0.3 is 7.82 Å². The zero-order valence-corrected chi connectivity index (χ0v) is 7.70. The summed E-state index contributed by atoms with van der Waals surface area (Å²) >= 11 is 0. The Bertz CT molecular complexity index is 158. The lowest BCUT2D eigenvalue weighted by molar-refractivity contribution is 0.129. The van der Waals surface area contributed by atoms with E-state index in [-0.39, 0.29) is 19.1 Å². The van der Waals surface area contributed by atoms with Gasteiger partial charge in [0.1, 0.15) is 0 Å². The van der Waals surface area contributed by atoms with E-state index >= 15 is 0 Å². The third kappa shape index (κ3) is 6.72. The highest BCUT2D eigenvalue weighted by Gasteiger charge is 2.17. The Labute approximate surface area is 70.8 Å². The highest BCUT2D eigenvalue weighted by molar-refractivity contribution is 7.46. The first-order valence-corrected chi connectivity index (χ1v) is 4.98. The van der Waals surface area contributed by atoms with Crippen molar-refractivity contribution < 1.29 is 24.0 Å².